The van der Waals surface area contributed by atoms with Gasteiger partial charge in [0.1, 0.15) is 11.5 Å². The first kappa shape index (κ1) is 27.3. The molecule has 1 radical (unpaired) electrons. The Morgan fingerprint density at radius 2 is 1.21 bits per heavy atom. The Morgan fingerprint density at radius 3 is 1.62 bits per heavy atom. The number of rotatable bonds is 8. The number of phenols is 1. The fourth-order valence-electron chi connectivity index (χ4n) is 2.33. The molecule has 0 saturated carbocycles. The SMILES string of the molecule is CCN(CC)C([S-])=NN=C(C)C(=NN=C([S-])N(CC)CC)c1ccc(O)cc1.[Cu+2]. The number of benzene rings is 1. The van der Waals surface area contributed by atoms with E-state index in [4.69, 9.17) is 25.3 Å². The number of aromatic hydroxyl groups is 1. The zero-order chi connectivity index (χ0) is 21.1. The molecule has 0 spiro atoms. The molecule has 29 heavy (non-hydrogen) atoms. The van der Waals surface area contributed by atoms with Crippen molar-refractivity contribution in [3.63, 3.8) is 0 Å². The van der Waals surface area contributed by atoms with Crippen LogP contribution in [0.4, 0.5) is 0 Å². The molecule has 0 atom stereocenters. The van der Waals surface area contributed by atoms with Crippen LogP contribution >= 0.6 is 0 Å². The van der Waals surface area contributed by atoms with Crippen LogP contribution < -0.4 is 0 Å². The predicted octanol–water partition coefficient (Wildman–Crippen LogP) is 2.96. The minimum absolute atomic E-state index is 0. The first-order chi connectivity index (χ1) is 13.4. The van der Waals surface area contributed by atoms with Crippen LogP contribution in [0.1, 0.15) is 40.2 Å². The normalized spacial score (nSPS) is 13.1. The quantitative estimate of drug-likeness (QED) is 0.202. The first-order valence-corrected chi connectivity index (χ1v) is 10.1. The van der Waals surface area contributed by atoms with E-state index in [2.05, 4.69) is 20.4 Å². The fraction of sp³-hybridized carbons (Fsp3) is 0.474. The third kappa shape index (κ3) is 8.65. The van der Waals surface area contributed by atoms with Crippen LogP contribution in [0, 0.1) is 0 Å². The molecule has 1 aromatic carbocycles. The van der Waals surface area contributed by atoms with E-state index in [0.717, 1.165) is 31.7 Å². The summed E-state index contributed by atoms with van der Waals surface area (Å²) >= 11 is 10.7. The molecule has 0 fully saturated rings. The van der Waals surface area contributed by atoms with Crippen LogP contribution in [0.25, 0.3) is 0 Å². The van der Waals surface area contributed by atoms with E-state index in [9.17, 15) is 5.11 Å². The maximum atomic E-state index is 9.56. The molecule has 1 N–H and O–H groups in total. The minimum Gasteiger partial charge on any atom is -0.741 e. The van der Waals surface area contributed by atoms with Crippen molar-refractivity contribution in [3.05, 3.63) is 29.8 Å². The van der Waals surface area contributed by atoms with Crippen molar-refractivity contribution >= 4 is 47.0 Å². The van der Waals surface area contributed by atoms with Crippen molar-refractivity contribution in [3.8, 4) is 5.75 Å². The molecule has 163 valence electrons. The maximum absolute atomic E-state index is 9.56. The average Bonchev–Trinajstić information content (AvgIpc) is 2.69. The zero-order valence-electron chi connectivity index (χ0n) is 17.4. The third-order valence-electron chi connectivity index (χ3n) is 4.07. The van der Waals surface area contributed by atoms with Gasteiger partial charge in [0.25, 0.3) is 0 Å². The van der Waals surface area contributed by atoms with Gasteiger partial charge in [0.05, 0.1) is 5.71 Å². The second kappa shape index (κ2) is 14.3. The van der Waals surface area contributed by atoms with E-state index in [-0.39, 0.29) is 22.8 Å². The van der Waals surface area contributed by atoms with Crippen LogP contribution in [-0.2, 0) is 42.3 Å². The summed E-state index contributed by atoms with van der Waals surface area (Å²) < 4.78 is 0. The van der Waals surface area contributed by atoms with Crippen molar-refractivity contribution in [2.75, 3.05) is 26.2 Å². The topological polar surface area (TPSA) is 76.2 Å². The smallest absolute Gasteiger partial charge is 0.741 e. The third-order valence-corrected chi connectivity index (χ3v) is 4.75. The van der Waals surface area contributed by atoms with Gasteiger partial charge >= 0.3 is 17.1 Å². The van der Waals surface area contributed by atoms with Crippen LogP contribution in [0.5, 0.6) is 5.75 Å². The Balaban J connectivity index is 0.00000784. The first-order valence-electron chi connectivity index (χ1n) is 9.29. The van der Waals surface area contributed by atoms with Gasteiger partial charge < -0.3 is 40.2 Å². The van der Waals surface area contributed by atoms with E-state index >= 15 is 0 Å². The number of hydrogen-bond donors (Lipinski definition) is 1. The summed E-state index contributed by atoms with van der Waals surface area (Å²) in [4.78, 5) is 3.86. The van der Waals surface area contributed by atoms with Crippen molar-refractivity contribution < 1.29 is 22.2 Å². The largest absolute Gasteiger partial charge is 2.00 e. The minimum atomic E-state index is 0. The van der Waals surface area contributed by atoms with Crippen molar-refractivity contribution in [1.82, 2.24) is 9.80 Å². The number of amidine groups is 2. The summed E-state index contributed by atoms with van der Waals surface area (Å²) in [6, 6.07) is 6.65. The predicted molar refractivity (Wildman–Crippen MR) is 123 cm³/mol. The second-order valence-corrected chi connectivity index (χ2v) is 6.52. The molecule has 0 unspecified atom stereocenters. The molecule has 0 amide bonds. The van der Waals surface area contributed by atoms with Crippen molar-refractivity contribution in [2.45, 2.75) is 34.6 Å². The van der Waals surface area contributed by atoms with Gasteiger partial charge in [-0.05, 0) is 58.9 Å². The molecule has 0 aliphatic carbocycles. The van der Waals surface area contributed by atoms with Gasteiger partial charge in [0.2, 0.25) is 0 Å². The molecule has 1 aromatic rings. The Bertz CT molecular complexity index is 742. The fourth-order valence-corrected chi connectivity index (χ4v) is 2.93. The van der Waals surface area contributed by atoms with Crippen molar-refractivity contribution in [2.24, 2.45) is 20.4 Å². The summed E-state index contributed by atoms with van der Waals surface area (Å²) in [5, 5.41) is 27.3. The average molecular weight is 484 g/mol. The number of hydrogen-bond acceptors (Lipinski definition) is 7. The van der Waals surface area contributed by atoms with E-state index < -0.39 is 0 Å². The summed E-state index contributed by atoms with van der Waals surface area (Å²) in [6.07, 6.45) is 0. The standard InChI is InChI=1S/C19H30N6OS2.Cu/c1-6-24(7-2)18(27)22-20-14(5)17(15-10-12-16(26)13-11-15)21-23-19(28)25(8-3)9-4;/h10-13,26H,6-9H2,1-5H3,(H,22,27)(H,23,28);/q;+2/p-2. The molecule has 0 aliphatic rings. The summed E-state index contributed by atoms with van der Waals surface area (Å²) in [5.41, 5.74) is 1.81. The summed E-state index contributed by atoms with van der Waals surface area (Å²) in [7, 11) is 0. The summed E-state index contributed by atoms with van der Waals surface area (Å²) in [6.45, 7) is 12.9. The Hall–Kier alpha value is -1.74. The second-order valence-electron chi connectivity index (χ2n) is 5.79. The Morgan fingerprint density at radius 1 is 0.793 bits per heavy atom. The molecule has 7 nitrogen and oxygen atoms in total. The molecule has 0 heterocycles. The van der Waals surface area contributed by atoms with Gasteiger partial charge in [-0.25, -0.2) is 0 Å². The molecule has 10 heteroatoms. The molecular formula is C19H28CuN6OS2. The van der Waals surface area contributed by atoms with Gasteiger partial charge in [0, 0.05) is 42.1 Å². The number of nitrogens with zero attached hydrogens (tertiary/aromatic N) is 6. The van der Waals surface area contributed by atoms with Crippen LogP contribution in [0.3, 0.4) is 0 Å². The van der Waals surface area contributed by atoms with E-state index in [1.165, 1.54) is 0 Å². The van der Waals surface area contributed by atoms with Crippen LogP contribution in [0.2, 0.25) is 0 Å². The molecule has 0 aliphatic heterocycles. The van der Waals surface area contributed by atoms with E-state index in [1.807, 2.05) is 37.5 Å². The molecule has 1 rings (SSSR count). The van der Waals surface area contributed by atoms with Gasteiger partial charge in [-0.2, -0.15) is 15.3 Å². The van der Waals surface area contributed by atoms with Gasteiger partial charge in [-0.1, -0.05) is 0 Å². The maximum Gasteiger partial charge on any atom is 2.00 e. The van der Waals surface area contributed by atoms with Gasteiger partial charge in [0.15, 0.2) is 0 Å². The van der Waals surface area contributed by atoms with E-state index in [1.54, 1.807) is 31.2 Å². The molecule has 0 bridgehead atoms. The van der Waals surface area contributed by atoms with Crippen molar-refractivity contribution in [1.29, 1.82) is 0 Å². The molecular weight excluding hydrogens is 456 g/mol. The number of phenolic OH excluding ortho intramolecular Hbond substituents is 1. The van der Waals surface area contributed by atoms with Crippen LogP contribution in [-0.4, -0.2) is 62.8 Å². The Labute approximate surface area is 195 Å². The Kier molecular flexibility index (Phi) is 13.4. The van der Waals surface area contributed by atoms with Gasteiger partial charge in [-0.15, -0.1) is 5.10 Å². The monoisotopic (exact) mass is 483 g/mol. The molecule has 0 aromatic heterocycles. The van der Waals surface area contributed by atoms with E-state index in [0.29, 0.717) is 21.8 Å². The van der Waals surface area contributed by atoms with Crippen LogP contribution in [0.15, 0.2) is 44.7 Å². The zero-order valence-corrected chi connectivity index (χ0v) is 20.0. The molecule has 0 saturated heterocycles. The van der Waals surface area contributed by atoms with Gasteiger partial charge in [-0.3, -0.25) is 0 Å². The summed E-state index contributed by atoms with van der Waals surface area (Å²) in [5.74, 6) is 0.167.